The largest absolute Gasteiger partial charge is 0.365 e. The van der Waals surface area contributed by atoms with Crippen molar-refractivity contribution < 1.29 is 13.9 Å². The molecule has 5 heteroatoms. The van der Waals surface area contributed by atoms with Gasteiger partial charge in [-0.25, -0.2) is 4.39 Å². The van der Waals surface area contributed by atoms with Crippen LogP contribution in [0.2, 0.25) is 0 Å². The van der Waals surface area contributed by atoms with Crippen LogP contribution in [0.1, 0.15) is 25.8 Å². The Labute approximate surface area is 141 Å². The van der Waals surface area contributed by atoms with E-state index in [0.717, 1.165) is 12.0 Å². The highest BCUT2D eigenvalue weighted by Gasteiger charge is 2.37. The lowest BCUT2D eigenvalue weighted by molar-refractivity contribution is -0.130. The van der Waals surface area contributed by atoms with Gasteiger partial charge in [-0.3, -0.25) is 9.78 Å². The lowest BCUT2D eigenvalue weighted by Crippen LogP contribution is -2.41. The minimum atomic E-state index is -0.471. The fourth-order valence-corrected chi connectivity index (χ4v) is 3.13. The van der Waals surface area contributed by atoms with Crippen LogP contribution in [0.5, 0.6) is 0 Å². The van der Waals surface area contributed by atoms with Crippen molar-refractivity contribution in [3.8, 4) is 0 Å². The number of amides is 1. The Balaban J connectivity index is 1.89. The Kier molecular flexibility index (Phi) is 4.90. The Morgan fingerprint density at radius 2 is 2.04 bits per heavy atom. The second kappa shape index (κ2) is 7.09. The number of carbonyl (C=O) groups excluding carboxylic acids is 1. The first-order chi connectivity index (χ1) is 11.5. The molecule has 3 atom stereocenters. The first kappa shape index (κ1) is 16.6. The van der Waals surface area contributed by atoms with E-state index in [4.69, 9.17) is 4.74 Å². The molecule has 0 unspecified atom stereocenters. The summed E-state index contributed by atoms with van der Waals surface area (Å²) in [5.41, 5.74) is 1.56. The van der Waals surface area contributed by atoms with E-state index in [1.807, 2.05) is 26.0 Å². The molecule has 1 amide bonds. The summed E-state index contributed by atoms with van der Waals surface area (Å²) in [7, 11) is 0. The zero-order valence-electron chi connectivity index (χ0n) is 13.9. The van der Waals surface area contributed by atoms with Crippen molar-refractivity contribution in [2.75, 3.05) is 4.90 Å². The third-order valence-electron chi connectivity index (χ3n) is 4.31. The van der Waals surface area contributed by atoms with Crippen molar-refractivity contribution in [1.29, 1.82) is 0 Å². The summed E-state index contributed by atoms with van der Waals surface area (Å²) in [5, 5.41) is 0. The Hall–Kier alpha value is -2.27. The molecular weight excluding hydrogens is 307 g/mol. The highest BCUT2D eigenvalue weighted by atomic mass is 19.1. The first-order valence-electron chi connectivity index (χ1n) is 8.16. The molecule has 126 valence electrons. The molecule has 0 radical (unpaired) electrons. The molecule has 0 aliphatic carbocycles. The van der Waals surface area contributed by atoms with Crippen LogP contribution in [0.3, 0.4) is 0 Å². The van der Waals surface area contributed by atoms with Gasteiger partial charge in [-0.15, -0.1) is 0 Å². The van der Waals surface area contributed by atoms with Gasteiger partial charge in [0, 0.05) is 18.1 Å². The minimum Gasteiger partial charge on any atom is -0.365 e. The average Bonchev–Trinajstić information content (AvgIpc) is 2.92. The van der Waals surface area contributed by atoms with Gasteiger partial charge in [-0.2, -0.15) is 0 Å². The van der Waals surface area contributed by atoms with Crippen LogP contribution in [-0.4, -0.2) is 23.1 Å². The van der Waals surface area contributed by atoms with E-state index in [9.17, 15) is 9.18 Å². The molecule has 0 spiro atoms. The van der Waals surface area contributed by atoms with Crippen molar-refractivity contribution >= 4 is 11.6 Å². The van der Waals surface area contributed by atoms with E-state index in [0.29, 0.717) is 12.2 Å². The van der Waals surface area contributed by atoms with Crippen molar-refractivity contribution in [2.45, 2.75) is 39.0 Å². The first-order valence-corrected chi connectivity index (χ1v) is 8.16. The lowest BCUT2D eigenvalue weighted by Gasteiger charge is -2.27. The molecule has 2 heterocycles. The van der Waals surface area contributed by atoms with Crippen molar-refractivity contribution in [2.24, 2.45) is 5.92 Å². The number of nitrogens with zero attached hydrogens (tertiary/aromatic N) is 2. The maximum atomic E-state index is 13.3. The van der Waals surface area contributed by atoms with Gasteiger partial charge in [-0.1, -0.05) is 13.0 Å². The van der Waals surface area contributed by atoms with Crippen molar-refractivity contribution in [1.82, 2.24) is 4.98 Å². The molecule has 1 aromatic heterocycles. The topological polar surface area (TPSA) is 42.4 Å². The number of hydrogen-bond donors (Lipinski definition) is 0. The molecule has 0 bridgehead atoms. The second-order valence-corrected chi connectivity index (χ2v) is 6.34. The summed E-state index contributed by atoms with van der Waals surface area (Å²) in [5.74, 6) is -0.265. The maximum absolute atomic E-state index is 13.3. The number of pyridine rings is 1. The smallest absolute Gasteiger partial charge is 0.256 e. The summed E-state index contributed by atoms with van der Waals surface area (Å²) < 4.78 is 19.1. The summed E-state index contributed by atoms with van der Waals surface area (Å²) in [4.78, 5) is 18.8. The number of ether oxygens (including phenoxy) is 1. The van der Waals surface area contributed by atoms with Crippen LogP contribution >= 0.6 is 0 Å². The molecule has 2 aromatic rings. The van der Waals surface area contributed by atoms with Gasteiger partial charge in [0.25, 0.3) is 5.91 Å². The van der Waals surface area contributed by atoms with Crippen molar-refractivity contribution in [3.63, 3.8) is 0 Å². The van der Waals surface area contributed by atoms with Crippen LogP contribution < -0.4 is 4.90 Å². The van der Waals surface area contributed by atoms with E-state index >= 15 is 0 Å². The Morgan fingerprint density at radius 1 is 1.29 bits per heavy atom. The molecule has 1 saturated heterocycles. The van der Waals surface area contributed by atoms with Crippen LogP contribution in [0, 0.1) is 11.7 Å². The number of hydrogen-bond acceptors (Lipinski definition) is 3. The van der Waals surface area contributed by atoms with Crippen LogP contribution in [-0.2, 0) is 16.1 Å². The average molecular weight is 328 g/mol. The summed E-state index contributed by atoms with van der Waals surface area (Å²) >= 11 is 0. The van der Waals surface area contributed by atoms with Gasteiger partial charge in [0.2, 0.25) is 0 Å². The highest BCUT2D eigenvalue weighted by molar-refractivity contribution is 5.96. The minimum absolute atomic E-state index is 0.0717. The lowest BCUT2D eigenvalue weighted by atomic mass is 10.0. The Morgan fingerprint density at radius 3 is 2.62 bits per heavy atom. The number of aromatic nitrogens is 1. The van der Waals surface area contributed by atoms with Gasteiger partial charge < -0.3 is 9.64 Å². The summed E-state index contributed by atoms with van der Waals surface area (Å²) in [6, 6.07) is 9.71. The standard InChI is InChI=1S/C19H21FN2O2/c1-13-10-14(2)24-18(13)19(23)22(12-15-4-3-9-21-11-15)17-7-5-16(20)6-8-17/h3-9,11,13-14,18H,10,12H2,1-2H3/t13-,14-,18-/m1/s1. The van der Waals surface area contributed by atoms with Crippen molar-refractivity contribution in [3.05, 3.63) is 60.2 Å². The molecule has 0 N–H and O–H groups in total. The van der Waals surface area contributed by atoms with E-state index in [1.54, 1.807) is 29.4 Å². The van der Waals surface area contributed by atoms with E-state index in [-0.39, 0.29) is 23.7 Å². The molecule has 3 rings (SSSR count). The normalized spacial score (nSPS) is 23.2. The summed E-state index contributed by atoms with van der Waals surface area (Å²) in [6.45, 7) is 4.38. The quantitative estimate of drug-likeness (QED) is 0.862. The molecule has 1 aliphatic heterocycles. The van der Waals surface area contributed by atoms with Gasteiger partial charge in [0.15, 0.2) is 0 Å². The third-order valence-corrected chi connectivity index (χ3v) is 4.31. The zero-order valence-corrected chi connectivity index (χ0v) is 13.9. The SMILES string of the molecule is C[C@@H]1C[C@@H](C)[C@H](C(=O)N(Cc2cccnc2)c2ccc(F)cc2)O1. The highest BCUT2D eigenvalue weighted by Crippen LogP contribution is 2.29. The van der Waals surface area contributed by atoms with Gasteiger partial charge in [0.1, 0.15) is 11.9 Å². The fourth-order valence-electron chi connectivity index (χ4n) is 3.13. The van der Waals surface area contributed by atoms with Gasteiger partial charge in [0.05, 0.1) is 12.6 Å². The molecule has 1 fully saturated rings. The number of carbonyl (C=O) groups is 1. The summed E-state index contributed by atoms with van der Waals surface area (Å²) in [6.07, 6.45) is 3.88. The number of halogens is 1. The predicted octanol–water partition coefficient (Wildman–Crippen LogP) is 3.57. The predicted molar refractivity (Wildman–Crippen MR) is 89.9 cm³/mol. The molecule has 1 aliphatic rings. The number of anilines is 1. The molecule has 0 saturated carbocycles. The van der Waals surface area contributed by atoms with Crippen LogP contribution in [0.25, 0.3) is 0 Å². The molecule has 24 heavy (non-hydrogen) atoms. The number of benzene rings is 1. The van der Waals surface area contributed by atoms with E-state index < -0.39 is 6.10 Å². The monoisotopic (exact) mass is 328 g/mol. The van der Waals surface area contributed by atoms with Crippen LogP contribution in [0.4, 0.5) is 10.1 Å². The Bertz CT molecular complexity index is 690. The molecule has 1 aromatic carbocycles. The second-order valence-electron chi connectivity index (χ2n) is 6.34. The van der Waals surface area contributed by atoms with Crippen LogP contribution in [0.15, 0.2) is 48.8 Å². The number of rotatable bonds is 4. The fraction of sp³-hybridized carbons (Fsp3) is 0.368. The maximum Gasteiger partial charge on any atom is 0.256 e. The van der Waals surface area contributed by atoms with Gasteiger partial charge in [-0.05, 0) is 55.2 Å². The van der Waals surface area contributed by atoms with Gasteiger partial charge >= 0.3 is 0 Å². The molecule has 4 nitrogen and oxygen atoms in total. The van der Waals surface area contributed by atoms with E-state index in [1.165, 1.54) is 12.1 Å². The molecular formula is C19H21FN2O2. The third kappa shape index (κ3) is 3.62. The van der Waals surface area contributed by atoms with E-state index in [2.05, 4.69) is 4.98 Å². The zero-order chi connectivity index (χ0) is 17.1.